The molecule has 0 aliphatic rings. The van der Waals surface area contributed by atoms with Crippen molar-refractivity contribution >= 4 is 39.0 Å². The van der Waals surface area contributed by atoms with Crippen LogP contribution in [0.2, 0.25) is 0 Å². The molecular weight excluding hydrogens is 623 g/mol. The van der Waals surface area contributed by atoms with Crippen LogP contribution in [0.15, 0.2) is 94.9 Å². The van der Waals surface area contributed by atoms with Crippen LogP contribution in [-0.4, -0.2) is 58.1 Å². The topological polar surface area (TPSA) is 157 Å². The van der Waals surface area contributed by atoms with Gasteiger partial charge in [-0.1, -0.05) is 24.3 Å². The number of ether oxygens (including phenoxy) is 1. The first-order chi connectivity index (χ1) is 22.4. The van der Waals surface area contributed by atoms with Crippen molar-refractivity contribution in [1.82, 2.24) is 10.3 Å². The number of benzene rings is 3. The number of sulfone groups is 1. The Labute approximate surface area is 273 Å². The second kappa shape index (κ2) is 15.4. The molecule has 0 bridgehead atoms. The lowest BCUT2D eigenvalue weighted by atomic mass is 10.00. The molecule has 4 rings (SSSR count). The summed E-state index contributed by atoms with van der Waals surface area (Å²) in [5, 5.41) is 14.6. The summed E-state index contributed by atoms with van der Waals surface area (Å²) in [6, 6.07) is 20.6. The van der Waals surface area contributed by atoms with Crippen LogP contribution in [0.1, 0.15) is 31.2 Å². The predicted octanol–water partition coefficient (Wildman–Crippen LogP) is 4.84. The van der Waals surface area contributed by atoms with E-state index in [1.807, 2.05) is 12.1 Å². The number of hydrogen-bond donors (Lipinski definition) is 4. The number of methoxy groups -OCH3 is 1. The molecule has 11 nitrogen and oxygen atoms in total. The van der Waals surface area contributed by atoms with Gasteiger partial charge in [-0.3, -0.25) is 15.0 Å². The van der Waals surface area contributed by atoms with Crippen LogP contribution >= 0.6 is 0 Å². The standard InChI is InChI=1S/C34H37FN6O5S/c1-22(23-7-12-26(35)13-8-23)33(43)39-27-14-9-24(10-15-27)25-11-18-31(38-21-25)40-34(36)41(32(42)6-5-19-37-2)29-17-16-28(47(4,44)45)20-30(29)46-3/h7-18,20-22,37H,5-6,19H2,1-4H3,(H,39,43)(H2,36,38,40)/t22-/m1/s1. The number of nitrogens with one attached hydrogen (secondary N) is 4. The number of anilines is 2. The zero-order valence-electron chi connectivity index (χ0n) is 26.5. The number of aromatic nitrogens is 1. The summed E-state index contributed by atoms with van der Waals surface area (Å²) in [5.74, 6) is -1.73. The number of rotatable bonds is 11. The minimum atomic E-state index is -3.54. The summed E-state index contributed by atoms with van der Waals surface area (Å²) in [5.41, 5.74) is 3.47. The first-order valence-corrected chi connectivity index (χ1v) is 16.6. The fraction of sp³-hybridized carbons (Fsp3) is 0.235. The average Bonchev–Trinajstić information content (AvgIpc) is 3.05. The minimum Gasteiger partial charge on any atom is -0.495 e. The molecule has 1 atom stereocenters. The van der Waals surface area contributed by atoms with Crippen molar-refractivity contribution in [3.05, 3.63) is 102 Å². The second-order valence-corrected chi connectivity index (χ2v) is 12.8. The molecule has 0 unspecified atom stereocenters. The van der Waals surface area contributed by atoms with E-state index in [1.54, 1.807) is 56.6 Å². The first kappa shape index (κ1) is 34.7. The summed E-state index contributed by atoms with van der Waals surface area (Å²) in [6.45, 7) is 2.34. The molecule has 2 amide bonds. The van der Waals surface area contributed by atoms with Gasteiger partial charge >= 0.3 is 0 Å². The number of aromatic amines is 1. The third-order valence-corrected chi connectivity index (χ3v) is 8.48. The van der Waals surface area contributed by atoms with Crippen molar-refractivity contribution in [2.45, 2.75) is 30.6 Å². The highest BCUT2D eigenvalue weighted by Crippen LogP contribution is 2.32. The molecule has 0 aliphatic heterocycles. The lowest BCUT2D eigenvalue weighted by Crippen LogP contribution is -2.37. The van der Waals surface area contributed by atoms with E-state index in [1.165, 1.54) is 37.4 Å². The molecular formula is C34H37FN6O5S. The fourth-order valence-corrected chi connectivity index (χ4v) is 5.33. The number of carbonyl (C=O) groups is 2. The smallest absolute Gasteiger partial charge is 0.234 e. The molecule has 0 fully saturated rings. The van der Waals surface area contributed by atoms with Gasteiger partial charge in [0, 0.05) is 30.6 Å². The quantitative estimate of drug-likeness (QED) is 0.102. The summed E-state index contributed by atoms with van der Waals surface area (Å²) < 4.78 is 42.9. The number of carbonyl (C=O) groups excluding carboxylic acids is 2. The average molecular weight is 661 g/mol. The van der Waals surface area contributed by atoms with Crippen LogP contribution in [-0.2, 0) is 19.4 Å². The maximum atomic E-state index is 13.3. The zero-order valence-corrected chi connectivity index (χ0v) is 27.3. The van der Waals surface area contributed by atoms with Gasteiger partial charge in [0.05, 0.1) is 23.6 Å². The Bertz CT molecular complexity index is 1910. The van der Waals surface area contributed by atoms with Gasteiger partial charge in [0.25, 0.3) is 0 Å². The molecule has 246 valence electrons. The molecule has 0 radical (unpaired) electrons. The summed E-state index contributed by atoms with van der Waals surface area (Å²) in [4.78, 5) is 34.5. The summed E-state index contributed by atoms with van der Waals surface area (Å²) in [6.07, 6.45) is 3.40. The van der Waals surface area contributed by atoms with E-state index in [4.69, 9.17) is 10.1 Å². The Morgan fingerprint density at radius 3 is 2.30 bits per heavy atom. The van der Waals surface area contributed by atoms with Crippen molar-refractivity contribution in [1.29, 1.82) is 5.41 Å². The number of guanidine groups is 1. The van der Waals surface area contributed by atoms with E-state index in [0.717, 1.165) is 22.3 Å². The Kier molecular flexibility index (Phi) is 11.4. The van der Waals surface area contributed by atoms with Crippen LogP contribution < -0.4 is 25.8 Å². The minimum absolute atomic E-state index is 0.0167. The Morgan fingerprint density at radius 2 is 1.70 bits per heavy atom. The fourth-order valence-electron chi connectivity index (χ4n) is 4.70. The second-order valence-electron chi connectivity index (χ2n) is 10.8. The van der Waals surface area contributed by atoms with E-state index < -0.39 is 21.7 Å². The zero-order chi connectivity index (χ0) is 34.1. The van der Waals surface area contributed by atoms with Crippen molar-refractivity contribution < 1.29 is 27.1 Å². The van der Waals surface area contributed by atoms with Crippen LogP contribution in [0, 0.1) is 11.2 Å². The van der Waals surface area contributed by atoms with E-state index in [-0.39, 0.29) is 40.4 Å². The van der Waals surface area contributed by atoms with Gasteiger partial charge in [0.2, 0.25) is 17.8 Å². The van der Waals surface area contributed by atoms with Gasteiger partial charge in [0.15, 0.2) is 9.84 Å². The maximum absolute atomic E-state index is 13.3. The molecule has 0 saturated carbocycles. The van der Waals surface area contributed by atoms with Crippen LogP contribution in [0.3, 0.4) is 0 Å². The third kappa shape index (κ3) is 8.99. The molecule has 3 aromatic carbocycles. The molecule has 1 aromatic heterocycles. The molecule has 4 aromatic rings. The van der Waals surface area contributed by atoms with E-state index in [9.17, 15) is 22.4 Å². The van der Waals surface area contributed by atoms with Gasteiger partial charge in [-0.25, -0.2) is 17.7 Å². The van der Waals surface area contributed by atoms with Crippen molar-refractivity contribution in [2.75, 3.05) is 37.2 Å². The first-order valence-electron chi connectivity index (χ1n) is 14.8. The number of nitrogens with zero attached hydrogens (tertiary/aromatic N) is 2. The SMILES string of the molecule is CNCCCC(=O)N(C(=N)/N=c1/ccc(-c2ccc(NC(=O)[C@H](C)c3ccc(F)cc3)cc2)c[nH]1)c1ccc(S(C)(=O)=O)cc1OC. The summed E-state index contributed by atoms with van der Waals surface area (Å²) in [7, 11) is -0.405. The van der Waals surface area contributed by atoms with Gasteiger partial charge in [0.1, 0.15) is 17.1 Å². The summed E-state index contributed by atoms with van der Waals surface area (Å²) >= 11 is 0. The highest BCUT2D eigenvalue weighted by atomic mass is 32.2. The number of hydrogen-bond acceptors (Lipinski definition) is 7. The Hall–Kier alpha value is -5.14. The van der Waals surface area contributed by atoms with Crippen molar-refractivity contribution in [2.24, 2.45) is 4.99 Å². The normalized spacial score (nSPS) is 12.3. The Balaban J connectivity index is 1.53. The largest absolute Gasteiger partial charge is 0.495 e. The monoisotopic (exact) mass is 660 g/mol. The van der Waals surface area contributed by atoms with Gasteiger partial charge in [-0.15, -0.1) is 0 Å². The lowest BCUT2D eigenvalue weighted by Gasteiger charge is -2.23. The van der Waals surface area contributed by atoms with Crippen LogP contribution in [0.25, 0.3) is 11.1 Å². The van der Waals surface area contributed by atoms with Gasteiger partial charge in [-0.05, 0) is 92.2 Å². The molecule has 0 saturated heterocycles. The molecule has 0 aliphatic carbocycles. The number of amides is 2. The van der Waals surface area contributed by atoms with Crippen LogP contribution in [0.4, 0.5) is 15.8 Å². The Morgan fingerprint density at radius 1 is 1.02 bits per heavy atom. The number of pyridine rings is 1. The van der Waals surface area contributed by atoms with E-state index >= 15 is 0 Å². The molecule has 1 heterocycles. The number of H-pyrrole nitrogens is 1. The maximum Gasteiger partial charge on any atom is 0.234 e. The van der Waals surface area contributed by atoms with Crippen molar-refractivity contribution in [3.8, 4) is 16.9 Å². The van der Waals surface area contributed by atoms with Gasteiger partial charge in [-0.2, -0.15) is 4.99 Å². The van der Waals surface area contributed by atoms with Crippen molar-refractivity contribution in [3.63, 3.8) is 0 Å². The van der Waals surface area contributed by atoms with E-state index in [0.29, 0.717) is 29.7 Å². The van der Waals surface area contributed by atoms with Gasteiger partial charge < -0.3 is 20.4 Å². The lowest BCUT2D eigenvalue weighted by molar-refractivity contribution is -0.118. The molecule has 13 heteroatoms. The van der Waals surface area contributed by atoms with E-state index in [2.05, 4.69) is 20.6 Å². The third-order valence-electron chi connectivity index (χ3n) is 7.37. The van der Waals surface area contributed by atoms with Crippen LogP contribution in [0.5, 0.6) is 5.75 Å². The number of halogens is 1. The molecule has 4 N–H and O–H groups in total. The highest BCUT2D eigenvalue weighted by Gasteiger charge is 2.25. The predicted molar refractivity (Wildman–Crippen MR) is 180 cm³/mol. The molecule has 47 heavy (non-hydrogen) atoms. The molecule has 0 spiro atoms. The highest BCUT2D eigenvalue weighted by molar-refractivity contribution is 7.90.